The van der Waals surface area contributed by atoms with Gasteiger partial charge in [0, 0.05) is 6.20 Å². The Bertz CT molecular complexity index is 638. The zero-order valence-electron chi connectivity index (χ0n) is 13.8. The van der Waals surface area contributed by atoms with E-state index in [4.69, 9.17) is 4.74 Å². The molecule has 2 aromatic heterocycles. The molecule has 1 saturated carbocycles. The van der Waals surface area contributed by atoms with E-state index in [2.05, 4.69) is 43.1 Å². The molecule has 2 heterocycles. The molecule has 3 rings (SSSR count). The average Bonchev–Trinajstić information content (AvgIpc) is 2.77. The number of hydrogen-bond donors (Lipinski definition) is 1. The summed E-state index contributed by atoms with van der Waals surface area (Å²) in [5.74, 6) is 0. The van der Waals surface area contributed by atoms with Gasteiger partial charge in [0.15, 0.2) is 0 Å². The highest BCUT2D eigenvalue weighted by molar-refractivity contribution is 5.51. The maximum Gasteiger partial charge on any atom is 0.139 e. The second-order valence-corrected chi connectivity index (χ2v) is 6.95. The Morgan fingerprint density at radius 1 is 1.27 bits per heavy atom. The van der Waals surface area contributed by atoms with Crippen molar-refractivity contribution in [1.82, 2.24) is 14.8 Å². The number of anilines is 1. The van der Waals surface area contributed by atoms with E-state index in [0.717, 1.165) is 29.9 Å². The summed E-state index contributed by atoms with van der Waals surface area (Å²) in [5, 5.41) is 8.06. The molecule has 5 heteroatoms. The van der Waals surface area contributed by atoms with Gasteiger partial charge in [0.2, 0.25) is 0 Å². The molecule has 1 aliphatic rings. The fourth-order valence-corrected chi connectivity index (χ4v) is 2.85. The first kappa shape index (κ1) is 15.0. The van der Waals surface area contributed by atoms with E-state index in [0.29, 0.717) is 0 Å². The summed E-state index contributed by atoms with van der Waals surface area (Å²) in [6.45, 7) is 8.35. The Kier molecular flexibility index (Phi) is 3.68. The molecule has 0 atom stereocenters. The van der Waals surface area contributed by atoms with E-state index >= 15 is 0 Å². The van der Waals surface area contributed by atoms with Crippen LogP contribution < -0.4 is 5.32 Å². The van der Waals surface area contributed by atoms with Crippen molar-refractivity contribution < 1.29 is 4.74 Å². The van der Waals surface area contributed by atoms with Crippen molar-refractivity contribution in [2.24, 2.45) is 0 Å². The molecule has 0 saturated heterocycles. The standard InChI is InChI=1S/C17H24N4O/c1-13-15(12-19-21(13)14-7-5-10-18-11-14)20-17(8-6-9-17)22-16(2,3)4/h5,7,10-12,20H,6,8-9H2,1-4H3. The highest BCUT2D eigenvalue weighted by Crippen LogP contribution is 2.40. The van der Waals surface area contributed by atoms with E-state index in [1.165, 1.54) is 6.42 Å². The number of rotatable bonds is 4. The molecule has 1 N–H and O–H groups in total. The van der Waals surface area contributed by atoms with Crippen LogP contribution in [0.15, 0.2) is 30.7 Å². The van der Waals surface area contributed by atoms with Gasteiger partial charge in [-0.3, -0.25) is 4.98 Å². The lowest BCUT2D eigenvalue weighted by molar-refractivity contribution is -0.153. The van der Waals surface area contributed by atoms with Gasteiger partial charge in [-0.1, -0.05) is 0 Å². The van der Waals surface area contributed by atoms with Gasteiger partial charge >= 0.3 is 0 Å². The van der Waals surface area contributed by atoms with Crippen LogP contribution in [0.25, 0.3) is 5.69 Å². The van der Waals surface area contributed by atoms with Crippen molar-refractivity contribution in [3.8, 4) is 5.69 Å². The van der Waals surface area contributed by atoms with Crippen LogP contribution in [0.5, 0.6) is 0 Å². The van der Waals surface area contributed by atoms with Gasteiger partial charge in [-0.2, -0.15) is 5.10 Å². The van der Waals surface area contributed by atoms with Gasteiger partial charge in [-0.15, -0.1) is 0 Å². The minimum atomic E-state index is -0.258. The van der Waals surface area contributed by atoms with Crippen molar-refractivity contribution >= 4 is 5.69 Å². The van der Waals surface area contributed by atoms with Crippen LogP contribution in [0.2, 0.25) is 0 Å². The van der Waals surface area contributed by atoms with Crippen molar-refractivity contribution in [2.75, 3.05) is 5.32 Å². The first-order chi connectivity index (χ1) is 10.4. The molecule has 22 heavy (non-hydrogen) atoms. The molecule has 0 aromatic carbocycles. The predicted molar refractivity (Wildman–Crippen MR) is 87.1 cm³/mol. The van der Waals surface area contributed by atoms with Gasteiger partial charge < -0.3 is 10.1 Å². The zero-order chi connectivity index (χ0) is 15.8. The van der Waals surface area contributed by atoms with Crippen LogP contribution in [-0.2, 0) is 4.74 Å². The van der Waals surface area contributed by atoms with Crippen LogP contribution in [0.1, 0.15) is 45.7 Å². The fraction of sp³-hybridized carbons (Fsp3) is 0.529. The van der Waals surface area contributed by atoms with Crippen LogP contribution in [0.4, 0.5) is 5.69 Å². The molecule has 0 amide bonds. The van der Waals surface area contributed by atoms with Gasteiger partial charge in [-0.25, -0.2) is 4.68 Å². The largest absolute Gasteiger partial charge is 0.355 e. The molecule has 1 aliphatic carbocycles. The van der Waals surface area contributed by atoms with E-state index in [1.807, 2.05) is 29.2 Å². The van der Waals surface area contributed by atoms with E-state index in [9.17, 15) is 0 Å². The predicted octanol–water partition coefficient (Wildman–Crippen LogP) is 3.68. The lowest BCUT2D eigenvalue weighted by atomic mass is 9.87. The van der Waals surface area contributed by atoms with Crippen molar-refractivity contribution in [2.45, 2.75) is 58.3 Å². The summed E-state index contributed by atoms with van der Waals surface area (Å²) in [6.07, 6.45) is 8.70. The third-order valence-electron chi connectivity index (χ3n) is 3.93. The van der Waals surface area contributed by atoms with E-state index < -0.39 is 0 Å². The zero-order valence-corrected chi connectivity index (χ0v) is 13.8. The Morgan fingerprint density at radius 2 is 2.05 bits per heavy atom. The third-order valence-corrected chi connectivity index (χ3v) is 3.93. The first-order valence-electron chi connectivity index (χ1n) is 7.82. The topological polar surface area (TPSA) is 52.0 Å². The molecular weight excluding hydrogens is 276 g/mol. The van der Waals surface area contributed by atoms with Crippen LogP contribution >= 0.6 is 0 Å². The summed E-state index contributed by atoms with van der Waals surface area (Å²) in [5.41, 5.74) is 2.63. The molecule has 0 spiro atoms. The first-order valence-corrected chi connectivity index (χ1v) is 7.82. The quantitative estimate of drug-likeness (QED) is 0.875. The Morgan fingerprint density at radius 3 is 2.59 bits per heavy atom. The van der Waals surface area contributed by atoms with Crippen LogP contribution in [0, 0.1) is 6.92 Å². The van der Waals surface area contributed by atoms with Crippen molar-refractivity contribution in [3.05, 3.63) is 36.4 Å². The number of hydrogen-bond acceptors (Lipinski definition) is 4. The average molecular weight is 300 g/mol. The summed E-state index contributed by atoms with van der Waals surface area (Å²) in [4.78, 5) is 4.16. The highest BCUT2D eigenvalue weighted by atomic mass is 16.5. The number of nitrogens with zero attached hydrogens (tertiary/aromatic N) is 3. The van der Waals surface area contributed by atoms with Gasteiger partial charge in [-0.05, 0) is 59.1 Å². The normalized spacial score (nSPS) is 17.1. The Labute approximate surface area is 131 Å². The smallest absolute Gasteiger partial charge is 0.139 e. The second kappa shape index (κ2) is 5.39. The van der Waals surface area contributed by atoms with E-state index in [-0.39, 0.29) is 11.3 Å². The molecular formula is C17H24N4O. The fourth-order valence-electron chi connectivity index (χ4n) is 2.85. The molecule has 2 aromatic rings. The Balaban J connectivity index is 1.83. The number of pyridine rings is 1. The summed E-state index contributed by atoms with van der Waals surface area (Å²) >= 11 is 0. The summed E-state index contributed by atoms with van der Waals surface area (Å²) in [7, 11) is 0. The number of nitrogens with one attached hydrogen (secondary N) is 1. The molecule has 0 bridgehead atoms. The SMILES string of the molecule is Cc1c(NC2(OC(C)(C)C)CCC2)cnn1-c1cccnc1. The summed E-state index contributed by atoms with van der Waals surface area (Å²) in [6, 6.07) is 3.92. The summed E-state index contributed by atoms with van der Waals surface area (Å²) < 4.78 is 8.18. The third kappa shape index (κ3) is 2.99. The molecule has 0 unspecified atom stereocenters. The van der Waals surface area contributed by atoms with Gasteiger partial charge in [0.1, 0.15) is 5.72 Å². The van der Waals surface area contributed by atoms with Crippen molar-refractivity contribution in [1.29, 1.82) is 0 Å². The lowest BCUT2D eigenvalue weighted by Gasteiger charge is -2.46. The molecule has 118 valence electrons. The number of ether oxygens (including phenoxy) is 1. The molecule has 1 fully saturated rings. The van der Waals surface area contributed by atoms with Gasteiger partial charge in [0.05, 0.1) is 35.1 Å². The van der Waals surface area contributed by atoms with Crippen molar-refractivity contribution in [3.63, 3.8) is 0 Å². The Hall–Kier alpha value is -1.88. The monoisotopic (exact) mass is 300 g/mol. The lowest BCUT2D eigenvalue weighted by Crippen LogP contribution is -2.51. The minimum Gasteiger partial charge on any atom is -0.355 e. The van der Waals surface area contributed by atoms with Gasteiger partial charge in [0.25, 0.3) is 0 Å². The second-order valence-electron chi connectivity index (χ2n) is 6.95. The maximum atomic E-state index is 6.27. The van der Waals surface area contributed by atoms with Crippen LogP contribution in [0.3, 0.4) is 0 Å². The molecule has 0 aliphatic heterocycles. The molecule has 0 radical (unpaired) electrons. The van der Waals surface area contributed by atoms with E-state index in [1.54, 1.807) is 6.20 Å². The minimum absolute atomic E-state index is 0.166. The number of aromatic nitrogens is 3. The van der Waals surface area contributed by atoms with Crippen LogP contribution in [-0.4, -0.2) is 26.1 Å². The molecule has 5 nitrogen and oxygen atoms in total. The maximum absolute atomic E-state index is 6.27. The highest BCUT2D eigenvalue weighted by Gasteiger charge is 2.41.